The minimum Gasteiger partial charge on any atom is -0.341 e. The Morgan fingerprint density at radius 2 is 1.65 bits per heavy atom. The maximum atomic E-state index is 12.7. The Bertz CT molecular complexity index is 948. The second-order valence-corrected chi connectivity index (χ2v) is 8.48. The largest absolute Gasteiger partial charge is 0.416 e. The van der Waals surface area contributed by atoms with E-state index in [2.05, 4.69) is 5.32 Å². The Kier molecular flexibility index (Phi) is 7.43. The van der Waals surface area contributed by atoms with Gasteiger partial charge in [-0.2, -0.15) is 24.9 Å². The van der Waals surface area contributed by atoms with Gasteiger partial charge in [-0.3, -0.25) is 9.59 Å². The Balaban J connectivity index is 1.56. The zero-order valence-electron chi connectivity index (χ0n) is 17.0. The molecule has 0 spiro atoms. The van der Waals surface area contributed by atoms with Crippen molar-refractivity contribution in [3.8, 4) is 0 Å². The van der Waals surface area contributed by atoms with Crippen molar-refractivity contribution in [3.05, 3.63) is 71.3 Å². The fourth-order valence-corrected chi connectivity index (χ4v) is 4.09. The number of allylic oxidation sites excluding steroid dienone is 1. The van der Waals surface area contributed by atoms with Crippen molar-refractivity contribution in [1.82, 2.24) is 4.90 Å². The SMILES string of the molecule is C/C(=C/C(=O)Nc1ccc(CC(=O)N2CCSCC2)cc1)c1ccc(C(F)(F)F)cc1. The summed E-state index contributed by atoms with van der Waals surface area (Å²) in [6.07, 6.45) is -2.72. The molecule has 0 saturated carbocycles. The lowest BCUT2D eigenvalue weighted by atomic mass is 10.0. The molecular weight excluding hydrogens is 425 g/mol. The first-order valence-electron chi connectivity index (χ1n) is 9.84. The highest BCUT2D eigenvalue weighted by molar-refractivity contribution is 7.99. The number of hydrogen-bond acceptors (Lipinski definition) is 3. The van der Waals surface area contributed by atoms with E-state index in [1.165, 1.54) is 18.2 Å². The van der Waals surface area contributed by atoms with Crippen LogP contribution in [0.1, 0.15) is 23.6 Å². The van der Waals surface area contributed by atoms with Crippen molar-refractivity contribution in [3.63, 3.8) is 0 Å². The van der Waals surface area contributed by atoms with E-state index in [0.717, 1.165) is 42.3 Å². The van der Waals surface area contributed by atoms with Crippen molar-refractivity contribution in [2.45, 2.75) is 19.5 Å². The van der Waals surface area contributed by atoms with Gasteiger partial charge in [0.2, 0.25) is 11.8 Å². The third-order valence-electron chi connectivity index (χ3n) is 4.96. The van der Waals surface area contributed by atoms with Gasteiger partial charge in [0.15, 0.2) is 0 Å². The predicted octanol–water partition coefficient (Wildman–Crippen LogP) is 4.87. The molecule has 0 bridgehead atoms. The van der Waals surface area contributed by atoms with Crippen molar-refractivity contribution in [2.75, 3.05) is 29.9 Å². The van der Waals surface area contributed by atoms with Gasteiger partial charge in [0.05, 0.1) is 12.0 Å². The van der Waals surface area contributed by atoms with E-state index in [9.17, 15) is 22.8 Å². The minimum absolute atomic E-state index is 0.104. The highest BCUT2D eigenvalue weighted by Crippen LogP contribution is 2.30. The van der Waals surface area contributed by atoms with Gasteiger partial charge in [-0.05, 0) is 47.9 Å². The number of nitrogens with one attached hydrogen (secondary N) is 1. The second-order valence-electron chi connectivity index (χ2n) is 7.26. The number of thioether (sulfide) groups is 1. The summed E-state index contributed by atoms with van der Waals surface area (Å²) in [6.45, 7) is 3.22. The van der Waals surface area contributed by atoms with E-state index in [-0.39, 0.29) is 11.8 Å². The van der Waals surface area contributed by atoms with Crippen LogP contribution < -0.4 is 5.32 Å². The molecule has 0 atom stereocenters. The molecule has 2 aromatic rings. The van der Waals surface area contributed by atoms with E-state index < -0.39 is 11.7 Å². The summed E-state index contributed by atoms with van der Waals surface area (Å²) in [6, 6.07) is 11.7. The number of amides is 2. The zero-order chi connectivity index (χ0) is 22.4. The lowest BCUT2D eigenvalue weighted by Gasteiger charge is -2.26. The summed E-state index contributed by atoms with van der Waals surface area (Å²) in [4.78, 5) is 26.5. The molecule has 31 heavy (non-hydrogen) atoms. The average Bonchev–Trinajstić information content (AvgIpc) is 2.75. The van der Waals surface area contributed by atoms with Gasteiger partial charge < -0.3 is 10.2 Å². The van der Waals surface area contributed by atoms with Crippen LogP contribution in [0.5, 0.6) is 0 Å². The number of alkyl halides is 3. The van der Waals surface area contributed by atoms with E-state index in [4.69, 9.17) is 0 Å². The Labute approximate surface area is 183 Å². The number of nitrogens with zero attached hydrogens (tertiary/aromatic N) is 1. The van der Waals surface area contributed by atoms with Gasteiger partial charge >= 0.3 is 6.18 Å². The minimum atomic E-state index is -4.39. The van der Waals surface area contributed by atoms with Gasteiger partial charge in [-0.15, -0.1) is 0 Å². The summed E-state index contributed by atoms with van der Waals surface area (Å²) in [5, 5.41) is 2.73. The molecule has 1 heterocycles. The van der Waals surface area contributed by atoms with E-state index in [0.29, 0.717) is 23.2 Å². The summed E-state index contributed by atoms with van der Waals surface area (Å²) in [7, 11) is 0. The molecule has 2 amide bonds. The number of carbonyl (C=O) groups is 2. The molecule has 0 radical (unpaired) electrons. The first kappa shape index (κ1) is 22.9. The summed E-state index contributed by atoms with van der Waals surface area (Å²) < 4.78 is 38.0. The van der Waals surface area contributed by atoms with Gasteiger partial charge in [0.1, 0.15) is 0 Å². The van der Waals surface area contributed by atoms with Crippen LogP contribution in [0, 0.1) is 0 Å². The summed E-state index contributed by atoms with van der Waals surface area (Å²) in [5.41, 5.74) is 1.80. The number of carbonyl (C=O) groups excluding carboxylic acids is 2. The Morgan fingerprint density at radius 1 is 1.03 bits per heavy atom. The van der Waals surface area contributed by atoms with Gasteiger partial charge in [-0.25, -0.2) is 0 Å². The quantitative estimate of drug-likeness (QED) is 0.665. The molecule has 3 rings (SSSR count). The van der Waals surface area contributed by atoms with Crippen LogP contribution >= 0.6 is 11.8 Å². The van der Waals surface area contributed by atoms with E-state index >= 15 is 0 Å². The smallest absolute Gasteiger partial charge is 0.341 e. The molecule has 8 heteroatoms. The van der Waals surface area contributed by atoms with Crippen LogP contribution in [0.4, 0.5) is 18.9 Å². The lowest BCUT2D eigenvalue weighted by Crippen LogP contribution is -2.38. The topological polar surface area (TPSA) is 49.4 Å². The van der Waals surface area contributed by atoms with Crippen molar-refractivity contribution >= 4 is 34.8 Å². The lowest BCUT2D eigenvalue weighted by molar-refractivity contribution is -0.137. The number of rotatable bonds is 5. The van der Waals surface area contributed by atoms with E-state index in [1.807, 2.05) is 16.7 Å². The van der Waals surface area contributed by atoms with Crippen LogP contribution in [0.25, 0.3) is 5.57 Å². The normalized spacial score (nSPS) is 15.0. The molecule has 1 N–H and O–H groups in total. The predicted molar refractivity (Wildman–Crippen MR) is 118 cm³/mol. The zero-order valence-corrected chi connectivity index (χ0v) is 17.9. The number of benzene rings is 2. The first-order chi connectivity index (χ1) is 14.7. The maximum Gasteiger partial charge on any atom is 0.416 e. The Morgan fingerprint density at radius 3 is 2.23 bits per heavy atom. The third kappa shape index (κ3) is 6.62. The van der Waals surface area contributed by atoms with Crippen LogP contribution in [-0.4, -0.2) is 41.3 Å². The standard InChI is InChI=1S/C23H23F3N2O2S/c1-16(18-4-6-19(7-5-18)23(24,25)26)14-21(29)27-20-8-2-17(3-9-20)15-22(30)28-10-12-31-13-11-28/h2-9,14H,10-13,15H2,1H3,(H,27,29)/b16-14-. The highest BCUT2D eigenvalue weighted by atomic mass is 32.2. The molecule has 4 nitrogen and oxygen atoms in total. The maximum absolute atomic E-state index is 12.7. The molecule has 1 saturated heterocycles. The third-order valence-corrected chi connectivity index (χ3v) is 5.90. The highest BCUT2D eigenvalue weighted by Gasteiger charge is 2.29. The fourth-order valence-electron chi connectivity index (χ4n) is 3.19. The molecule has 164 valence electrons. The second kappa shape index (κ2) is 10.0. The fraction of sp³-hybridized carbons (Fsp3) is 0.304. The Hall–Kier alpha value is -2.74. The molecule has 2 aromatic carbocycles. The van der Waals surface area contributed by atoms with Crippen molar-refractivity contribution < 1.29 is 22.8 Å². The van der Waals surface area contributed by atoms with Crippen LogP contribution in [0.15, 0.2) is 54.6 Å². The first-order valence-corrected chi connectivity index (χ1v) is 11.0. The molecule has 1 aliphatic rings. The van der Waals surface area contributed by atoms with Crippen molar-refractivity contribution in [1.29, 1.82) is 0 Å². The number of anilines is 1. The van der Waals surface area contributed by atoms with E-state index in [1.54, 1.807) is 31.2 Å². The summed E-state index contributed by atoms with van der Waals surface area (Å²) >= 11 is 1.85. The number of halogens is 3. The summed E-state index contributed by atoms with van der Waals surface area (Å²) in [5.74, 6) is 1.66. The molecule has 1 aliphatic heterocycles. The van der Waals surface area contributed by atoms with Gasteiger partial charge in [0.25, 0.3) is 0 Å². The van der Waals surface area contributed by atoms with Gasteiger partial charge in [-0.1, -0.05) is 24.3 Å². The molecule has 0 aromatic heterocycles. The van der Waals surface area contributed by atoms with Crippen LogP contribution in [0.3, 0.4) is 0 Å². The molecule has 0 aliphatic carbocycles. The van der Waals surface area contributed by atoms with Gasteiger partial charge in [0, 0.05) is 36.4 Å². The van der Waals surface area contributed by atoms with Crippen LogP contribution in [-0.2, 0) is 22.2 Å². The van der Waals surface area contributed by atoms with Crippen molar-refractivity contribution in [2.24, 2.45) is 0 Å². The van der Waals surface area contributed by atoms with Crippen LogP contribution in [0.2, 0.25) is 0 Å². The number of hydrogen-bond donors (Lipinski definition) is 1. The molecular formula is C23H23F3N2O2S. The average molecular weight is 449 g/mol. The molecule has 1 fully saturated rings. The monoisotopic (exact) mass is 448 g/mol. The molecule has 0 unspecified atom stereocenters.